The van der Waals surface area contributed by atoms with Crippen LogP contribution in [-0.2, 0) is 10.8 Å². The van der Waals surface area contributed by atoms with Crippen molar-refractivity contribution in [1.29, 1.82) is 0 Å². The predicted molar refractivity (Wildman–Crippen MR) is 84.1 cm³/mol. The van der Waals surface area contributed by atoms with E-state index in [4.69, 9.17) is 18.0 Å². The lowest BCUT2D eigenvalue weighted by Crippen LogP contribution is -2.31. The number of nitrogens with two attached hydrogens (primary N) is 1. The maximum atomic E-state index is 11.4. The SMILES string of the molecule is Cc1cc(C)c(C(N)=S)c(NC2CCS(=O)CC2)n1. The molecule has 2 heterocycles. The summed E-state index contributed by atoms with van der Waals surface area (Å²) >= 11 is 5.12. The fourth-order valence-electron chi connectivity index (χ4n) is 2.38. The van der Waals surface area contributed by atoms with Crippen LogP contribution in [0.4, 0.5) is 5.82 Å². The Morgan fingerprint density at radius 1 is 1.47 bits per heavy atom. The number of pyridine rings is 1. The number of aromatic nitrogens is 1. The Balaban J connectivity index is 2.24. The molecule has 0 saturated carbocycles. The second kappa shape index (κ2) is 5.96. The zero-order valence-corrected chi connectivity index (χ0v) is 12.9. The smallest absolute Gasteiger partial charge is 0.136 e. The van der Waals surface area contributed by atoms with Crippen molar-refractivity contribution < 1.29 is 4.21 Å². The molecule has 1 aliphatic rings. The highest BCUT2D eigenvalue weighted by Gasteiger charge is 2.20. The number of nitrogens with zero attached hydrogens (tertiary/aromatic N) is 1. The Hall–Kier alpha value is -1.01. The van der Waals surface area contributed by atoms with Crippen LogP contribution in [0, 0.1) is 13.8 Å². The zero-order chi connectivity index (χ0) is 14.0. The topological polar surface area (TPSA) is 68.0 Å². The zero-order valence-electron chi connectivity index (χ0n) is 11.2. The largest absolute Gasteiger partial charge is 0.389 e. The number of rotatable bonds is 3. The van der Waals surface area contributed by atoms with E-state index in [1.807, 2.05) is 19.9 Å². The molecule has 0 spiro atoms. The third-order valence-electron chi connectivity index (χ3n) is 3.32. The third-order valence-corrected chi connectivity index (χ3v) is 4.91. The van der Waals surface area contributed by atoms with Crippen LogP contribution in [0.1, 0.15) is 29.7 Å². The normalized spacial score (nSPS) is 23.1. The van der Waals surface area contributed by atoms with E-state index in [-0.39, 0.29) is 0 Å². The summed E-state index contributed by atoms with van der Waals surface area (Å²) in [5, 5.41) is 3.42. The summed E-state index contributed by atoms with van der Waals surface area (Å²) in [6, 6.07) is 2.29. The van der Waals surface area contributed by atoms with Crippen molar-refractivity contribution in [2.24, 2.45) is 5.73 Å². The van der Waals surface area contributed by atoms with Crippen LogP contribution in [0.15, 0.2) is 6.07 Å². The summed E-state index contributed by atoms with van der Waals surface area (Å²) in [7, 11) is -0.653. The molecule has 1 aromatic rings. The van der Waals surface area contributed by atoms with Crippen molar-refractivity contribution in [2.45, 2.75) is 32.7 Å². The number of nitrogens with one attached hydrogen (secondary N) is 1. The van der Waals surface area contributed by atoms with E-state index in [1.165, 1.54) is 0 Å². The van der Waals surface area contributed by atoms with Crippen molar-refractivity contribution in [3.05, 3.63) is 22.9 Å². The monoisotopic (exact) mass is 297 g/mol. The molecule has 0 unspecified atom stereocenters. The first-order valence-electron chi connectivity index (χ1n) is 6.37. The molecule has 19 heavy (non-hydrogen) atoms. The van der Waals surface area contributed by atoms with E-state index in [0.29, 0.717) is 11.0 Å². The lowest BCUT2D eigenvalue weighted by atomic mass is 10.1. The lowest BCUT2D eigenvalue weighted by molar-refractivity contribution is 0.622. The van der Waals surface area contributed by atoms with Crippen LogP contribution in [0.2, 0.25) is 0 Å². The van der Waals surface area contributed by atoms with Crippen molar-refractivity contribution in [2.75, 3.05) is 16.8 Å². The summed E-state index contributed by atoms with van der Waals surface area (Å²) < 4.78 is 11.4. The van der Waals surface area contributed by atoms with Gasteiger partial charge in [0, 0.05) is 34.0 Å². The number of aryl methyl sites for hydroxylation is 2. The summed E-state index contributed by atoms with van der Waals surface area (Å²) in [6.45, 7) is 3.95. The van der Waals surface area contributed by atoms with Gasteiger partial charge in [0.05, 0.1) is 5.56 Å². The van der Waals surface area contributed by atoms with Crippen molar-refractivity contribution in [3.8, 4) is 0 Å². The second-order valence-corrected chi connectivity index (χ2v) is 7.07. The van der Waals surface area contributed by atoms with Gasteiger partial charge in [-0.1, -0.05) is 12.2 Å². The average molecular weight is 297 g/mol. The summed E-state index contributed by atoms with van der Waals surface area (Å²) in [6.07, 6.45) is 1.80. The molecule has 0 bridgehead atoms. The van der Waals surface area contributed by atoms with Crippen LogP contribution in [-0.4, -0.2) is 31.7 Å². The van der Waals surface area contributed by atoms with Gasteiger partial charge >= 0.3 is 0 Å². The first kappa shape index (κ1) is 14.4. The average Bonchev–Trinajstić information content (AvgIpc) is 2.30. The number of hydrogen-bond acceptors (Lipinski definition) is 4. The fraction of sp³-hybridized carbons (Fsp3) is 0.538. The van der Waals surface area contributed by atoms with E-state index < -0.39 is 10.8 Å². The minimum atomic E-state index is -0.653. The minimum Gasteiger partial charge on any atom is -0.389 e. The van der Waals surface area contributed by atoms with Crippen LogP contribution in [0.25, 0.3) is 0 Å². The molecular weight excluding hydrogens is 278 g/mol. The van der Waals surface area contributed by atoms with Crippen LogP contribution in [0.3, 0.4) is 0 Å². The van der Waals surface area contributed by atoms with Gasteiger partial charge in [0.1, 0.15) is 10.8 Å². The van der Waals surface area contributed by atoms with E-state index in [0.717, 1.165) is 47.0 Å². The van der Waals surface area contributed by atoms with Gasteiger partial charge in [0.2, 0.25) is 0 Å². The molecule has 4 nitrogen and oxygen atoms in total. The van der Waals surface area contributed by atoms with Gasteiger partial charge in [-0.3, -0.25) is 4.21 Å². The van der Waals surface area contributed by atoms with Crippen LogP contribution in [0.5, 0.6) is 0 Å². The molecule has 6 heteroatoms. The van der Waals surface area contributed by atoms with Gasteiger partial charge in [-0.15, -0.1) is 0 Å². The Kier molecular flexibility index (Phi) is 4.52. The molecule has 0 atom stereocenters. The summed E-state index contributed by atoms with van der Waals surface area (Å²) in [5.41, 5.74) is 8.61. The van der Waals surface area contributed by atoms with E-state index >= 15 is 0 Å². The Bertz CT molecular complexity index is 521. The molecule has 0 amide bonds. The summed E-state index contributed by atoms with van der Waals surface area (Å²) in [5.74, 6) is 2.28. The van der Waals surface area contributed by atoms with Gasteiger partial charge < -0.3 is 11.1 Å². The van der Waals surface area contributed by atoms with Gasteiger partial charge in [-0.2, -0.15) is 0 Å². The highest BCUT2D eigenvalue weighted by molar-refractivity contribution is 7.85. The van der Waals surface area contributed by atoms with Crippen molar-refractivity contribution >= 4 is 33.8 Å². The molecule has 1 fully saturated rings. The molecular formula is C13H19N3OS2. The van der Waals surface area contributed by atoms with Gasteiger partial charge in [-0.25, -0.2) is 4.98 Å². The Morgan fingerprint density at radius 2 is 2.11 bits per heavy atom. The quantitative estimate of drug-likeness (QED) is 0.831. The van der Waals surface area contributed by atoms with E-state index in [1.54, 1.807) is 0 Å². The molecule has 0 radical (unpaired) electrons. The molecule has 2 rings (SSSR count). The number of hydrogen-bond donors (Lipinski definition) is 2. The maximum Gasteiger partial charge on any atom is 0.136 e. The van der Waals surface area contributed by atoms with E-state index in [9.17, 15) is 4.21 Å². The predicted octanol–water partition coefficient (Wildman–Crippen LogP) is 1.66. The lowest BCUT2D eigenvalue weighted by Gasteiger charge is -2.24. The summed E-state index contributed by atoms with van der Waals surface area (Å²) in [4.78, 5) is 4.88. The van der Waals surface area contributed by atoms with Gasteiger partial charge in [0.15, 0.2) is 0 Å². The van der Waals surface area contributed by atoms with E-state index in [2.05, 4.69) is 10.3 Å². The molecule has 104 valence electrons. The molecule has 1 aliphatic heterocycles. The van der Waals surface area contributed by atoms with Crippen molar-refractivity contribution in [3.63, 3.8) is 0 Å². The highest BCUT2D eigenvalue weighted by Crippen LogP contribution is 2.22. The number of thiocarbonyl (C=S) groups is 1. The molecule has 1 aromatic heterocycles. The third kappa shape index (κ3) is 3.51. The highest BCUT2D eigenvalue weighted by atomic mass is 32.2. The molecule has 0 aromatic carbocycles. The molecule has 0 aliphatic carbocycles. The standard InChI is InChI=1S/C13H19N3OS2/c1-8-7-9(2)15-13(11(8)12(14)18)16-10-3-5-19(17)6-4-10/h7,10H,3-6H2,1-2H3,(H2,14,18)(H,15,16). The first-order valence-corrected chi connectivity index (χ1v) is 8.26. The second-order valence-electron chi connectivity index (χ2n) is 4.94. The minimum absolute atomic E-state index is 0.305. The van der Waals surface area contributed by atoms with Crippen LogP contribution < -0.4 is 11.1 Å². The van der Waals surface area contributed by atoms with Crippen molar-refractivity contribution in [1.82, 2.24) is 4.98 Å². The molecule has 3 N–H and O–H groups in total. The maximum absolute atomic E-state index is 11.4. The van der Waals surface area contributed by atoms with Crippen LogP contribution >= 0.6 is 12.2 Å². The first-order chi connectivity index (χ1) is 8.97. The number of anilines is 1. The molecule has 1 saturated heterocycles. The Labute approximate surface area is 121 Å². The fourth-order valence-corrected chi connectivity index (χ4v) is 3.94. The van der Waals surface area contributed by atoms with Gasteiger partial charge in [-0.05, 0) is 38.3 Å². The Morgan fingerprint density at radius 3 is 2.68 bits per heavy atom. The van der Waals surface area contributed by atoms with Gasteiger partial charge in [0.25, 0.3) is 0 Å².